The van der Waals surface area contributed by atoms with Gasteiger partial charge in [-0.1, -0.05) is 72.8 Å². The van der Waals surface area contributed by atoms with Crippen LogP contribution < -0.4 is 9.47 Å². The molecule has 0 bridgehead atoms. The number of hydrogen-bond acceptors (Lipinski definition) is 3. The van der Waals surface area contributed by atoms with Crippen molar-refractivity contribution >= 4 is 12.0 Å². The highest BCUT2D eigenvalue weighted by atomic mass is 16.5. The van der Waals surface area contributed by atoms with Crippen LogP contribution >= 0.6 is 0 Å². The fraction of sp³-hybridized carbons (Fsp3) is 0.156. The van der Waals surface area contributed by atoms with Crippen molar-refractivity contribution in [2.75, 3.05) is 14.2 Å². The number of carbonyl (C=O) groups excluding carboxylic acids is 1. The summed E-state index contributed by atoms with van der Waals surface area (Å²) in [7, 11) is 3.29. The topological polar surface area (TPSA) is 38.8 Å². The van der Waals surface area contributed by atoms with Gasteiger partial charge in [-0.3, -0.25) is 4.79 Å². The normalized spacial score (nSPS) is 12.3. The number of fused-ring (bicyclic) bond motifs is 1. The Morgan fingerprint density at radius 1 is 0.750 bits per heavy atom. The SMILES string of the molecule is COc1cc2c(cc1OC)CCC(N(Cc1ccccc1)C(=O)c1ccc(-c3ccccc3)cc1)=C2. The highest BCUT2D eigenvalue weighted by molar-refractivity contribution is 5.96. The van der Waals surface area contributed by atoms with Crippen molar-refractivity contribution in [3.63, 3.8) is 0 Å². The van der Waals surface area contributed by atoms with Gasteiger partial charge in [-0.2, -0.15) is 0 Å². The van der Waals surface area contributed by atoms with Crippen LogP contribution in [0.2, 0.25) is 0 Å². The van der Waals surface area contributed by atoms with Gasteiger partial charge in [-0.25, -0.2) is 0 Å². The molecule has 1 aliphatic rings. The third-order valence-electron chi connectivity index (χ3n) is 6.63. The van der Waals surface area contributed by atoms with Crippen molar-refractivity contribution < 1.29 is 14.3 Å². The second-order valence-electron chi connectivity index (χ2n) is 8.86. The first-order chi connectivity index (χ1) is 17.7. The molecule has 0 aromatic heterocycles. The number of allylic oxidation sites excluding steroid dienone is 1. The van der Waals surface area contributed by atoms with E-state index in [0.717, 1.165) is 46.5 Å². The predicted molar refractivity (Wildman–Crippen MR) is 144 cm³/mol. The summed E-state index contributed by atoms with van der Waals surface area (Å²) in [6.45, 7) is 0.508. The number of carbonyl (C=O) groups is 1. The number of aryl methyl sites for hydroxylation is 1. The Labute approximate surface area is 212 Å². The lowest BCUT2D eigenvalue weighted by atomic mass is 9.93. The lowest BCUT2D eigenvalue weighted by Gasteiger charge is -2.29. The molecular weight excluding hydrogens is 446 g/mol. The van der Waals surface area contributed by atoms with E-state index in [-0.39, 0.29) is 5.91 Å². The van der Waals surface area contributed by atoms with Gasteiger partial charge >= 0.3 is 0 Å². The molecule has 0 atom stereocenters. The molecule has 0 saturated carbocycles. The minimum Gasteiger partial charge on any atom is -0.493 e. The Balaban J connectivity index is 1.50. The fourth-order valence-electron chi connectivity index (χ4n) is 4.68. The number of hydrogen-bond donors (Lipinski definition) is 0. The molecule has 4 aromatic carbocycles. The van der Waals surface area contributed by atoms with Crippen molar-refractivity contribution in [3.05, 3.63) is 125 Å². The zero-order valence-corrected chi connectivity index (χ0v) is 20.6. The van der Waals surface area contributed by atoms with Gasteiger partial charge in [0.2, 0.25) is 0 Å². The molecule has 180 valence electrons. The Morgan fingerprint density at radius 3 is 2.03 bits per heavy atom. The van der Waals surface area contributed by atoms with Crippen LogP contribution in [0.3, 0.4) is 0 Å². The summed E-state index contributed by atoms with van der Waals surface area (Å²) < 4.78 is 11.0. The molecule has 0 unspecified atom stereocenters. The smallest absolute Gasteiger partial charge is 0.258 e. The largest absolute Gasteiger partial charge is 0.493 e. The van der Waals surface area contributed by atoms with Crippen LogP contribution in [0.25, 0.3) is 17.2 Å². The summed E-state index contributed by atoms with van der Waals surface area (Å²) in [6, 6.07) is 32.2. The van der Waals surface area contributed by atoms with E-state index in [1.54, 1.807) is 14.2 Å². The number of benzene rings is 4. The molecule has 5 rings (SSSR count). The van der Waals surface area contributed by atoms with Crippen LogP contribution in [0.5, 0.6) is 11.5 Å². The first-order valence-corrected chi connectivity index (χ1v) is 12.1. The van der Waals surface area contributed by atoms with E-state index in [0.29, 0.717) is 17.9 Å². The molecular formula is C32H29NO3. The molecule has 0 spiro atoms. The Morgan fingerprint density at radius 2 is 1.36 bits per heavy atom. The summed E-state index contributed by atoms with van der Waals surface area (Å²) in [4.78, 5) is 15.8. The Bertz CT molecular complexity index is 1380. The molecule has 0 N–H and O–H groups in total. The molecule has 1 amide bonds. The van der Waals surface area contributed by atoms with Crippen molar-refractivity contribution in [2.24, 2.45) is 0 Å². The first-order valence-electron chi connectivity index (χ1n) is 12.1. The van der Waals surface area contributed by atoms with E-state index >= 15 is 0 Å². The lowest BCUT2D eigenvalue weighted by Crippen LogP contribution is -2.31. The number of ether oxygens (including phenoxy) is 2. The Kier molecular flexibility index (Phi) is 6.85. The van der Waals surface area contributed by atoms with E-state index < -0.39 is 0 Å². The average Bonchev–Trinajstić information content (AvgIpc) is 2.95. The number of amides is 1. The van der Waals surface area contributed by atoms with Gasteiger partial charge in [-0.15, -0.1) is 0 Å². The van der Waals surface area contributed by atoms with Gasteiger partial charge in [-0.05, 0) is 71.0 Å². The molecule has 0 heterocycles. The van der Waals surface area contributed by atoms with Gasteiger partial charge in [0.05, 0.1) is 20.8 Å². The number of methoxy groups -OCH3 is 2. The second kappa shape index (κ2) is 10.5. The third-order valence-corrected chi connectivity index (χ3v) is 6.63. The van der Waals surface area contributed by atoms with Crippen LogP contribution in [0.1, 0.15) is 33.5 Å². The van der Waals surface area contributed by atoms with Crippen molar-refractivity contribution in [2.45, 2.75) is 19.4 Å². The summed E-state index contributed by atoms with van der Waals surface area (Å²) in [5.41, 5.74) is 7.23. The van der Waals surface area contributed by atoms with Crippen LogP contribution in [-0.2, 0) is 13.0 Å². The minimum absolute atomic E-state index is 0.00589. The summed E-state index contributed by atoms with van der Waals surface area (Å²) in [6.07, 6.45) is 3.70. The lowest BCUT2D eigenvalue weighted by molar-refractivity contribution is 0.0792. The fourth-order valence-corrected chi connectivity index (χ4v) is 4.68. The molecule has 4 heteroatoms. The van der Waals surface area contributed by atoms with Gasteiger partial charge in [0.15, 0.2) is 11.5 Å². The van der Waals surface area contributed by atoms with Crippen LogP contribution in [0.15, 0.2) is 103 Å². The average molecular weight is 476 g/mol. The molecule has 4 aromatic rings. The highest BCUT2D eigenvalue weighted by Gasteiger charge is 2.24. The molecule has 0 fully saturated rings. The number of nitrogens with zero attached hydrogens (tertiary/aromatic N) is 1. The molecule has 0 saturated heterocycles. The zero-order valence-electron chi connectivity index (χ0n) is 20.6. The van der Waals surface area contributed by atoms with Crippen molar-refractivity contribution in [3.8, 4) is 22.6 Å². The van der Waals surface area contributed by atoms with E-state index in [1.807, 2.05) is 77.7 Å². The highest BCUT2D eigenvalue weighted by Crippen LogP contribution is 2.36. The molecule has 1 aliphatic carbocycles. The zero-order chi connectivity index (χ0) is 24.9. The summed E-state index contributed by atoms with van der Waals surface area (Å²) >= 11 is 0. The third kappa shape index (κ3) is 4.89. The van der Waals surface area contributed by atoms with E-state index in [4.69, 9.17) is 9.47 Å². The van der Waals surface area contributed by atoms with Crippen LogP contribution in [-0.4, -0.2) is 25.0 Å². The van der Waals surface area contributed by atoms with Crippen LogP contribution in [0.4, 0.5) is 0 Å². The number of rotatable bonds is 7. The quantitative estimate of drug-likeness (QED) is 0.289. The summed E-state index contributed by atoms with van der Waals surface area (Å²) in [5, 5.41) is 0. The van der Waals surface area contributed by atoms with E-state index in [2.05, 4.69) is 30.3 Å². The molecule has 4 nitrogen and oxygen atoms in total. The first kappa shape index (κ1) is 23.4. The van der Waals surface area contributed by atoms with Gasteiger partial charge in [0, 0.05) is 11.3 Å². The maximum absolute atomic E-state index is 13.9. The van der Waals surface area contributed by atoms with Gasteiger partial charge < -0.3 is 14.4 Å². The molecule has 0 aliphatic heterocycles. The maximum atomic E-state index is 13.9. The van der Waals surface area contributed by atoms with Gasteiger partial charge in [0.25, 0.3) is 5.91 Å². The standard InChI is InChI=1S/C32H29NO3/c1-35-30-20-27-17-18-29(19-28(27)21-31(30)36-2)33(22-23-9-5-3-6-10-23)32(34)26-15-13-25(14-16-26)24-11-7-4-8-12-24/h3-16,19-21H,17-18,22H2,1-2H3. The minimum atomic E-state index is -0.00589. The van der Waals surface area contributed by atoms with Crippen molar-refractivity contribution in [1.82, 2.24) is 4.90 Å². The molecule has 36 heavy (non-hydrogen) atoms. The second-order valence-corrected chi connectivity index (χ2v) is 8.86. The van der Waals surface area contributed by atoms with Crippen molar-refractivity contribution in [1.29, 1.82) is 0 Å². The van der Waals surface area contributed by atoms with Gasteiger partial charge in [0.1, 0.15) is 0 Å². The monoisotopic (exact) mass is 475 g/mol. The van der Waals surface area contributed by atoms with Crippen LogP contribution in [0, 0.1) is 0 Å². The Hall–Kier alpha value is -4.31. The molecule has 0 radical (unpaired) electrons. The predicted octanol–water partition coefficient (Wildman–Crippen LogP) is 7.00. The maximum Gasteiger partial charge on any atom is 0.258 e. The van der Waals surface area contributed by atoms with E-state index in [1.165, 1.54) is 5.56 Å². The summed E-state index contributed by atoms with van der Waals surface area (Å²) in [5.74, 6) is 1.41. The van der Waals surface area contributed by atoms with E-state index in [9.17, 15) is 4.79 Å².